The molecule has 3 aliphatic rings. The first-order valence-corrected chi connectivity index (χ1v) is 19.5. The molecule has 0 bridgehead atoms. The topological polar surface area (TPSA) is 177 Å². The lowest BCUT2D eigenvalue weighted by atomic mass is 9.83. The molecule has 6 atom stereocenters. The van der Waals surface area contributed by atoms with Gasteiger partial charge in [0.2, 0.25) is 17.6 Å². The van der Waals surface area contributed by atoms with Crippen molar-refractivity contribution in [1.82, 2.24) is 34.8 Å². The fourth-order valence-corrected chi connectivity index (χ4v) is 8.46. The molecule has 1 unspecified atom stereocenters. The van der Waals surface area contributed by atoms with E-state index >= 15 is 0 Å². The summed E-state index contributed by atoms with van der Waals surface area (Å²) >= 11 is 0. The lowest BCUT2D eigenvalue weighted by Gasteiger charge is -2.38. The third-order valence-corrected chi connectivity index (χ3v) is 12.5. The van der Waals surface area contributed by atoms with Gasteiger partial charge in [-0.2, -0.15) is 17.0 Å². The van der Waals surface area contributed by atoms with Crippen molar-refractivity contribution < 1.29 is 32.4 Å². The zero-order valence-electron chi connectivity index (χ0n) is 31.2. The third-order valence-electron chi connectivity index (χ3n) is 10.6. The Morgan fingerprint density at radius 3 is 2.24 bits per heavy atom. The minimum Gasteiger partial charge on any atom is -0.346 e. The van der Waals surface area contributed by atoms with Gasteiger partial charge in [0, 0.05) is 53.2 Å². The summed E-state index contributed by atoms with van der Waals surface area (Å²) < 4.78 is 27.9. The Bertz CT molecular complexity index is 1430. The van der Waals surface area contributed by atoms with E-state index in [1.54, 1.807) is 4.90 Å². The minimum absolute atomic E-state index is 0.00236. The highest BCUT2D eigenvalue weighted by Gasteiger charge is 2.52. The van der Waals surface area contributed by atoms with Crippen LogP contribution in [-0.4, -0.2) is 116 Å². The van der Waals surface area contributed by atoms with Crippen LogP contribution in [0.2, 0.25) is 0 Å². The van der Waals surface area contributed by atoms with Crippen molar-refractivity contribution in [2.24, 2.45) is 23.2 Å². The van der Waals surface area contributed by atoms with Gasteiger partial charge in [-0.05, 0) is 55.3 Å². The number of hydrogen-bond donors (Lipinski definition) is 4. The van der Waals surface area contributed by atoms with Crippen LogP contribution >= 0.6 is 0 Å². The molecule has 2 aliphatic carbocycles. The van der Waals surface area contributed by atoms with Crippen molar-refractivity contribution in [2.45, 2.75) is 109 Å². The molecule has 1 aliphatic heterocycles. The van der Waals surface area contributed by atoms with Gasteiger partial charge in [0.1, 0.15) is 12.1 Å². The van der Waals surface area contributed by atoms with Crippen LogP contribution in [0.4, 0.5) is 4.79 Å². The van der Waals surface area contributed by atoms with Crippen molar-refractivity contribution in [3.05, 3.63) is 12.7 Å². The Balaban J connectivity index is 1.88. The molecule has 3 fully saturated rings. The molecule has 0 aromatic rings. The molecule has 2 saturated carbocycles. The van der Waals surface area contributed by atoms with Crippen LogP contribution in [-0.2, 0) is 29.4 Å². The second-order valence-electron chi connectivity index (χ2n) is 15.4. The molecular formula is C36H59N7O7S. The van der Waals surface area contributed by atoms with Crippen LogP contribution in [0.1, 0.15) is 85.0 Å². The molecule has 14 nitrogen and oxygen atoms in total. The number of Topliss-reactive ketones (excluding diaryl/α,β-unsaturated/α-hetero) is 1. The van der Waals surface area contributed by atoms with Crippen molar-refractivity contribution in [1.29, 1.82) is 0 Å². The molecule has 286 valence electrons. The van der Waals surface area contributed by atoms with Gasteiger partial charge in [0.05, 0.1) is 6.04 Å². The maximum absolute atomic E-state index is 14.7. The molecule has 0 radical (unpaired) electrons. The first-order chi connectivity index (χ1) is 23.9. The van der Waals surface area contributed by atoms with Crippen LogP contribution < -0.4 is 21.3 Å². The monoisotopic (exact) mass is 733 g/mol. The van der Waals surface area contributed by atoms with Crippen LogP contribution in [0.3, 0.4) is 0 Å². The molecule has 5 amide bonds. The number of amides is 5. The van der Waals surface area contributed by atoms with Crippen LogP contribution in [0.25, 0.3) is 0 Å². The second kappa shape index (κ2) is 18.3. The fourth-order valence-electron chi connectivity index (χ4n) is 7.57. The number of terminal acetylenes is 1. The van der Waals surface area contributed by atoms with Crippen LogP contribution in [0.5, 0.6) is 0 Å². The van der Waals surface area contributed by atoms with Crippen molar-refractivity contribution >= 4 is 39.7 Å². The number of fused-ring (bicyclic) bond motifs is 1. The molecule has 0 spiro atoms. The summed E-state index contributed by atoms with van der Waals surface area (Å²) in [6, 6.07) is -4.18. The van der Waals surface area contributed by atoms with E-state index in [2.05, 4.69) is 33.8 Å². The number of carbonyl (C=O) groups is 5. The normalized spacial score (nSPS) is 22.7. The van der Waals surface area contributed by atoms with E-state index in [1.165, 1.54) is 31.5 Å². The molecule has 1 saturated heterocycles. The first kappa shape index (κ1) is 41.9. The largest absolute Gasteiger partial charge is 0.346 e. The Morgan fingerprint density at radius 1 is 0.980 bits per heavy atom. The van der Waals surface area contributed by atoms with Gasteiger partial charge in [0.15, 0.2) is 0 Å². The lowest BCUT2D eigenvalue weighted by Crippen LogP contribution is -2.61. The summed E-state index contributed by atoms with van der Waals surface area (Å²) in [6.45, 7) is 9.66. The van der Waals surface area contributed by atoms with Gasteiger partial charge in [0.25, 0.3) is 16.1 Å². The summed E-state index contributed by atoms with van der Waals surface area (Å²) in [5.74, 6) is -0.313. The highest BCUT2D eigenvalue weighted by atomic mass is 32.2. The van der Waals surface area contributed by atoms with E-state index in [9.17, 15) is 32.4 Å². The smallest absolute Gasteiger partial charge is 0.315 e. The first-order valence-electron chi connectivity index (χ1n) is 18.1. The highest BCUT2D eigenvalue weighted by molar-refractivity contribution is 7.86. The quantitative estimate of drug-likeness (QED) is 0.106. The van der Waals surface area contributed by atoms with Crippen molar-refractivity contribution in [3.63, 3.8) is 0 Å². The van der Waals surface area contributed by atoms with E-state index in [1.807, 2.05) is 20.8 Å². The van der Waals surface area contributed by atoms with Gasteiger partial charge >= 0.3 is 6.03 Å². The molecule has 51 heavy (non-hydrogen) atoms. The Hall–Kier alpha value is -3.48. The molecule has 3 rings (SSSR count). The number of urea groups is 1. The zero-order valence-corrected chi connectivity index (χ0v) is 32.0. The SMILES string of the molecule is C#CCCC(NC(=O)[C@@H]1[C@H]2CCC[C@H]2CN1C(=O)[C@@H](NC(=O)N[C@H](CN(C)S(=O)(=O)N(C)C)C(C)(C)C)C1CCCCC1)C(=O)C(=O)NCC=C. The number of nitrogens with one attached hydrogen (secondary N) is 4. The van der Waals surface area contributed by atoms with Gasteiger partial charge in [-0.1, -0.05) is 52.5 Å². The summed E-state index contributed by atoms with van der Waals surface area (Å²) in [4.78, 5) is 69.7. The predicted octanol–water partition coefficient (Wildman–Crippen LogP) is 1.78. The van der Waals surface area contributed by atoms with E-state index in [0.717, 1.165) is 55.7 Å². The lowest BCUT2D eigenvalue weighted by molar-refractivity contribution is -0.144. The summed E-state index contributed by atoms with van der Waals surface area (Å²) in [5.41, 5.74) is -0.538. The maximum atomic E-state index is 14.7. The summed E-state index contributed by atoms with van der Waals surface area (Å²) in [6.07, 6.45) is 13.9. The minimum atomic E-state index is -3.74. The molecular weight excluding hydrogens is 675 g/mol. The van der Waals surface area contributed by atoms with E-state index in [4.69, 9.17) is 6.42 Å². The number of likely N-dealkylation sites (tertiary alicyclic amines) is 1. The number of carbonyl (C=O) groups excluding carboxylic acids is 5. The fraction of sp³-hybridized carbons (Fsp3) is 0.750. The Labute approximate surface area is 304 Å². The predicted molar refractivity (Wildman–Crippen MR) is 195 cm³/mol. The average molecular weight is 734 g/mol. The van der Waals surface area contributed by atoms with Crippen LogP contribution in [0.15, 0.2) is 12.7 Å². The molecule has 0 aromatic carbocycles. The molecule has 1 heterocycles. The molecule has 15 heteroatoms. The third kappa shape index (κ3) is 10.8. The van der Waals surface area contributed by atoms with Gasteiger partial charge in [-0.25, -0.2) is 4.79 Å². The number of likely N-dealkylation sites (N-methyl/N-ethyl adjacent to an activating group) is 1. The summed E-state index contributed by atoms with van der Waals surface area (Å²) in [5, 5.41) is 11.1. The Kier molecular flexibility index (Phi) is 15.1. The van der Waals surface area contributed by atoms with Gasteiger partial charge in [-0.3, -0.25) is 19.2 Å². The standard InChI is InChI=1S/C36H59N7O7S/c1-9-11-20-27(31(44)33(46)37-21-10-2)38-32(45)30-26-19-15-18-25(26)22-43(30)34(47)29(24-16-13-12-14-17-24)40-35(48)39-28(36(3,4)5)23-42(8)51(49,50)41(6)7/h1,10,24-30H,2,11-23H2,3-8H3,(H,37,46)(H,38,45)(H2,39,40,48)/t25-,26-,27?,28+,29-,30-/m0/s1. The maximum Gasteiger partial charge on any atom is 0.315 e. The number of rotatable bonds is 16. The van der Waals surface area contributed by atoms with E-state index in [0.29, 0.717) is 6.54 Å². The highest BCUT2D eigenvalue weighted by Crippen LogP contribution is 2.43. The molecule has 4 N–H and O–H groups in total. The van der Waals surface area contributed by atoms with E-state index < -0.39 is 63.4 Å². The van der Waals surface area contributed by atoms with Crippen LogP contribution in [0, 0.1) is 35.5 Å². The number of hydrogen-bond acceptors (Lipinski definition) is 7. The zero-order chi connectivity index (χ0) is 38.1. The number of ketones is 1. The second-order valence-corrected chi connectivity index (χ2v) is 17.7. The summed E-state index contributed by atoms with van der Waals surface area (Å²) in [7, 11) is 0.589. The van der Waals surface area contributed by atoms with Crippen molar-refractivity contribution in [2.75, 3.05) is 40.8 Å². The Morgan fingerprint density at radius 2 is 1.65 bits per heavy atom. The number of nitrogens with zero attached hydrogens (tertiary/aromatic N) is 3. The van der Waals surface area contributed by atoms with Crippen molar-refractivity contribution in [3.8, 4) is 12.3 Å². The molecule has 0 aromatic heterocycles. The average Bonchev–Trinajstić information content (AvgIpc) is 3.68. The van der Waals surface area contributed by atoms with Gasteiger partial charge in [-0.15, -0.1) is 18.9 Å². The van der Waals surface area contributed by atoms with Gasteiger partial charge < -0.3 is 26.2 Å². The van der Waals surface area contributed by atoms with E-state index in [-0.39, 0.29) is 49.6 Å².